The molecule has 1 heterocycles. The predicted octanol–water partition coefficient (Wildman–Crippen LogP) is 3.54. The van der Waals surface area contributed by atoms with Gasteiger partial charge in [0.05, 0.1) is 0 Å². The Morgan fingerprint density at radius 3 is 2.53 bits per heavy atom. The number of pyridine rings is 1. The molecule has 0 saturated heterocycles. The van der Waals surface area contributed by atoms with Crippen LogP contribution in [0, 0.1) is 6.92 Å². The van der Waals surface area contributed by atoms with Crippen LogP contribution in [0.3, 0.4) is 0 Å². The molecule has 0 aliphatic carbocycles. The summed E-state index contributed by atoms with van der Waals surface area (Å²) >= 11 is 0. The summed E-state index contributed by atoms with van der Waals surface area (Å²) in [6, 6.07) is 11.8. The molecule has 0 aliphatic heterocycles. The van der Waals surface area contributed by atoms with E-state index in [2.05, 4.69) is 4.98 Å². The predicted molar refractivity (Wildman–Crippen MR) is 75.7 cm³/mol. The van der Waals surface area contributed by atoms with Gasteiger partial charge < -0.3 is 5.11 Å². The van der Waals surface area contributed by atoms with E-state index in [1.54, 1.807) is 13.1 Å². The summed E-state index contributed by atoms with van der Waals surface area (Å²) < 4.78 is 0. The van der Waals surface area contributed by atoms with E-state index >= 15 is 0 Å². The summed E-state index contributed by atoms with van der Waals surface area (Å²) in [4.78, 5) is 15.1. The number of hydrogen-bond donors (Lipinski definition) is 1. The number of carbonyl (C=O) groups is 1. The normalized spacial score (nSPS) is 11.4. The van der Waals surface area contributed by atoms with E-state index in [1.807, 2.05) is 43.3 Å². The molecule has 0 aliphatic rings. The van der Waals surface area contributed by atoms with Crippen LogP contribution in [0.15, 0.2) is 48.7 Å². The monoisotopic (exact) mass is 253 g/mol. The minimum atomic E-state index is -0.945. The highest BCUT2D eigenvalue weighted by Gasteiger charge is 2.11. The molecule has 3 heteroatoms. The van der Waals surface area contributed by atoms with E-state index in [1.165, 1.54) is 6.08 Å². The molecular weight excluding hydrogens is 238 g/mol. The molecule has 96 valence electrons. The molecule has 0 spiro atoms. The largest absolute Gasteiger partial charge is 0.478 e. The molecule has 0 atom stereocenters. The first-order valence-corrected chi connectivity index (χ1v) is 6.02. The van der Waals surface area contributed by atoms with Gasteiger partial charge in [0.25, 0.3) is 0 Å². The maximum atomic E-state index is 10.8. The summed E-state index contributed by atoms with van der Waals surface area (Å²) in [5.41, 5.74) is 4.48. The van der Waals surface area contributed by atoms with Gasteiger partial charge >= 0.3 is 5.97 Å². The third-order valence-corrected chi connectivity index (χ3v) is 2.96. The summed E-state index contributed by atoms with van der Waals surface area (Å²) in [7, 11) is 0. The third kappa shape index (κ3) is 2.88. The number of carboxylic acid groups (broad SMARTS) is 1. The molecule has 1 N–H and O–H groups in total. The number of aryl methyl sites for hydroxylation is 1. The zero-order chi connectivity index (χ0) is 13.8. The van der Waals surface area contributed by atoms with Gasteiger partial charge in [0.2, 0.25) is 0 Å². The van der Waals surface area contributed by atoms with Crippen molar-refractivity contribution in [3.8, 4) is 11.1 Å². The second-order valence-corrected chi connectivity index (χ2v) is 4.35. The fourth-order valence-corrected chi connectivity index (χ4v) is 2.18. The number of hydrogen-bond acceptors (Lipinski definition) is 2. The fraction of sp³-hybridized carbons (Fsp3) is 0.125. The number of rotatable bonds is 3. The van der Waals surface area contributed by atoms with E-state index in [0.717, 1.165) is 22.4 Å². The van der Waals surface area contributed by atoms with Crippen molar-refractivity contribution < 1.29 is 9.90 Å². The molecule has 3 nitrogen and oxygen atoms in total. The maximum Gasteiger partial charge on any atom is 0.328 e. The Morgan fingerprint density at radius 2 is 1.89 bits per heavy atom. The van der Waals surface area contributed by atoms with Gasteiger partial charge in [0.15, 0.2) is 0 Å². The number of aromatic nitrogens is 1. The molecule has 1 aromatic carbocycles. The molecule has 0 amide bonds. The SMILES string of the molecule is CC(=CC(=O)O)c1c(-c2ccccc2)ccnc1C. The van der Waals surface area contributed by atoms with Crippen LogP contribution in [0.25, 0.3) is 16.7 Å². The number of nitrogens with zero attached hydrogens (tertiary/aromatic N) is 1. The Labute approximate surface area is 112 Å². The van der Waals surface area contributed by atoms with Gasteiger partial charge in [0, 0.05) is 23.5 Å². The quantitative estimate of drug-likeness (QED) is 0.851. The van der Waals surface area contributed by atoms with Crippen molar-refractivity contribution in [2.45, 2.75) is 13.8 Å². The number of allylic oxidation sites excluding steroid dienone is 1. The number of aliphatic carboxylic acids is 1. The summed E-state index contributed by atoms with van der Waals surface area (Å²) in [6.07, 6.45) is 2.96. The molecule has 0 bridgehead atoms. The molecule has 0 unspecified atom stereocenters. The van der Waals surface area contributed by atoms with Gasteiger partial charge in [-0.3, -0.25) is 4.98 Å². The Kier molecular flexibility index (Phi) is 3.76. The van der Waals surface area contributed by atoms with E-state index in [0.29, 0.717) is 5.57 Å². The minimum Gasteiger partial charge on any atom is -0.478 e. The van der Waals surface area contributed by atoms with E-state index in [4.69, 9.17) is 5.11 Å². The summed E-state index contributed by atoms with van der Waals surface area (Å²) in [5.74, 6) is -0.945. The van der Waals surface area contributed by atoms with Gasteiger partial charge in [-0.15, -0.1) is 0 Å². The molecule has 0 radical (unpaired) electrons. The van der Waals surface area contributed by atoms with Crippen LogP contribution < -0.4 is 0 Å². The molecule has 1 aromatic heterocycles. The average Bonchev–Trinajstić information content (AvgIpc) is 2.38. The van der Waals surface area contributed by atoms with Crippen LogP contribution in [-0.2, 0) is 4.79 Å². The lowest BCUT2D eigenvalue weighted by Gasteiger charge is -2.12. The third-order valence-electron chi connectivity index (χ3n) is 2.96. The lowest BCUT2D eigenvalue weighted by Crippen LogP contribution is -1.97. The Bertz CT molecular complexity index is 630. The number of carboxylic acids is 1. The highest BCUT2D eigenvalue weighted by atomic mass is 16.4. The van der Waals surface area contributed by atoms with Crippen molar-refractivity contribution in [3.63, 3.8) is 0 Å². The van der Waals surface area contributed by atoms with Crippen molar-refractivity contribution in [3.05, 3.63) is 59.9 Å². The maximum absolute atomic E-state index is 10.8. The van der Waals surface area contributed by atoms with Crippen LogP contribution in [0.1, 0.15) is 18.2 Å². The van der Waals surface area contributed by atoms with Crippen molar-refractivity contribution in [2.24, 2.45) is 0 Å². The summed E-state index contributed by atoms with van der Waals surface area (Å²) in [5, 5.41) is 8.90. The fourth-order valence-electron chi connectivity index (χ4n) is 2.18. The van der Waals surface area contributed by atoms with Crippen LogP contribution in [-0.4, -0.2) is 16.1 Å². The van der Waals surface area contributed by atoms with Crippen molar-refractivity contribution in [1.82, 2.24) is 4.98 Å². The average molecular weight is 253 g/mol. The first-order chi connectivity index (χ1) is 9.09. The second-order valence-electron chi connectivity index (χ2n) is 4.35. The first-order valence-electron chi connectivity index (χ1n) is 6.02. The Morgan fingerprint density at radius 1 is 1.21 bits per heavy atom. The minimum absolute atomic E-state index is 0.706. The zero-order valence-electron chi connectivity index (χ0n) is 10.9. The van der Waals surface area contributed by atoms with Gasteiger partial charge in [-0.05, 0) is 36.6 Å². The standard InChI is InChI=1S/C16H15NO2/c1-11(10-15(18)19)16-12(2)17-9-8-14(16)13-6-4-3-5-7-13/h3-10H,1-2H3,(H,18,19). The Hall–Kier alpha value is -2.42. The highest BCUT2D eigenvalue weighted by Crippen LogP contribution is 2.30. The van der Waals surface area contributed by atoms with Crippen molar-refractivity contribution in [2.75, 3.05) is 0 Å². The van der Waals surface area contributed by atoms with Gasteiger partial charge in [-0.25, -0.2) is 4.79 Å². The lowest BCUT2D eigenvalue weighted by atomic mass is 9.94. The second kappa shape index (κ2) is 5.48. The van der Waals surface area contributed by atoms with Crippen molar-refractivity contribution in [1.29, 1.82) is 0 Å². The molecule has 19 heavy (non-hydrogen) atoms. The van der Waals surface area contributed by atoms with Crippen LogP contribution in [0.4, 0.5) is 0 Å². The zero-order valence-corrected chi connectivity index (χ0v) is 10.9. The van der Waals surface area contributed by atoms with Gasteiger partial charge in [-0.1, -0.05) is 30.3 Å². The smallest absolute Gasteiger partial charge is 0.328 e. The van der Waals surface area contributed by atoms with Crippen molar-refractivity contribution >= 4 is 11.5 Å². The Balaban J connectivity index is 2.64. The van der Waals surface area contributed by atoms with E-state index in [-0.39, 0.29) is 0 Å². The van der Waals surface area contributed by atoms with Gasteiger partial charge in [-0.2, -0.15) is 0 Å². The van der Waals surface area contributed by atoms with Crippen LogP contribution >= 0.6 is 0 Å². The van der Waals surface area contributed by atoms with Crippen LogP contribution in [0.5, 0.6) is 0 Å². The highest BCUT2D eigenvalue weighted by molar-refractivity contribution is 5.93. The molecule has 0 fully saturated rings. The summed E-state index contributed by atoms with van der Waals surface area (Å²) in [6.45, 7) is 3.69. The lowest BCUT2D eigenvalue weighted by molar-refractivity contribution is -0.131. The topological polar surface area (TPSA) is 50.2 Å². The molecular formula is C16H15NO2. The molecule has 2 rings (SSSR count). The van der Waals surface area contributed by atoms with E-state index < -0.39 is 5.97 Å². The molecule has 0 saturated carbocycles. The first kappa shape index (κ1) is 13.0. The number of benzene rings is 1. The van der Waals surface area contributed by atoms with E-state index in [9.17, 15) is 4.79 Å². The van der Waals surface area contributed by atoms with Gasteiger partial charge in [0.1, 0.15) is 0 Å². The van der Waals surface area contributed by atoms with Crippen LogP contribution in [0.2, 0.25) is 0 Å². The molecule has 2 aromatic rings.